The molecule has 0 saturated carbocycles. The standard InChI is InChI=1S/C27H25ClN4O10S2/c1-36-13-23-30-25(32-44(34,35)18-4-6-20-22(12-18)41-15-40-20)24(42-21-11-17(37-2)3-5-19(21)28)26(31-23)38-8-9-39-27(33)29-16-7-10-43-14-16/h3-7,10-12,14H,8-9,13,15H2,1-2H3,(H,29,33)(H,30,31,32). The number of nitrogens with zero attached hydrogens (tertiary/aromatic N) is 2. The molecule has 2 N–H and O–H groups in total. The summed E-state index contributed by atoms with van der Waals surface area (Å²) in [5.41, 5.74) is 0.589. The Morgan fingerprint density at radius 3 is 2.68 bits per heavy atom. The maximum atomic E-state index is 13.5. The normalized spacial score (nSPS) is 12.0. The van der Waals surface area contributed by atoms with Crippen molar-refractivity contribution in [3.05, 3.63) is 64.1 Å². The fourth-order valence-electron chi connectivity index (χ4n) is 3.72. The van der Waals surface area contributed by atoms with Crippen LogP contribution in [0.3, 0.4) is 0 Å². The Morgan fingerprint density at radius 2 is 1.91 bits per heavy atom. The number of halogens is 1. The molecule has 0 fully saturated rings. The second kappa shape index (κ2) is 13.9. The first-order chi connectivity index (χ1) is 21.3. The van der Waals surface area contributed by atoms with Gasteiger partial charge in [0, 0.05) is 24.6 Å². The molecule has 0 radical (unpaired) electrons. The lowest BCUT2D eigenvalue weighted by Crippen LogP contribution is -2.19. The van der Waals surface area contributed by atoms with Crippen molar-refractivity contribution in [3.8, 4) is 34.6 Å². The summed E-state index contributed by atoms with van der Waals surface area (Å²) >= 11 is 7.80. The van der Waals surface area contributed by atoms with Gasteiger partial charge in [-0.05, 0) is 35.7 Å². The Kier molecular flexibility index (Phi) is 9.74. The number of hydrogen-bond donors (Lipinski definition) is 2. The van der Waals surface area contributed by atoms with Crippen LogP contribution in [0.4, 0.5) is 16.3 Å². The van der Waals surface area contributed by atoms with E-state index in [-0.39, 0.29) is 71.3 Å². The Hall–Kier alpha value is -4.51. The number of carbonyl (C=O) groups is 1. The molecule has 1 aliphatic heterocycles. The molecule has 14 nitrogen and oxygen atoms in total. The molecule has 0 unspecified atom stereocenters. The van der Waals surface area contributed by atoms with Crippen LogP contribution in [-0.4, -0.2) is 58.7 Å². The lowest BCUT2D eigenvalue weighted by Gasteiger charge is -2.18. The third-order valence-corrected chi connectivity index (χ3v) is 8.04. The minimum atomic E-state index is -4.27. The minimum Gasteiger partial charge on any atom is -0.497 e. The highest BCUT2D eigenvalue weighted by molar-refractivity contribution is 7.92. The number of aromatic nitrogens is 2. The number of amides is 1. The van der Waals surface area contributed by atoms with Crippen LogP contribution in [0.1, 0.15) is 5.82 Å². The number of anilines is 2. The number of fused-ring (bicyclic) bond motifs is 1. The molecule has 1 aliphatic rings. The minimum absolute atomic E-state index is 0.0299. The van der Waals surface area contributed by atoms with Crippen LogP contribution in [0.15, 0.2) is 58.1 Å². The van der Waals surface area contributed by atoms with Gasteiger partial charge in [0.25, 0.3) is 15.9 Å². The number of benzene rings is 2. The molecule has 5 rings (SSSR count). The summed E-state index contributed by atoms with van der Waals surface area (Å²) in [6.45, 7) is -0.499. The number of hydrogen-bond acceptors (Lipinski definition) is 13. The quantitative estimate of drug-likeness (QED) is 0.178. The first-order valence-corrected chi connectivity index (χ1v) is 15.5. The Bertz CT molecular complexity index is 1740. The second-order valence-corrected chi connectivity index (χ2v) is 11.6. The first-order valence-electron chi connectivity index (χ1n) is 12.7. The van der Waals surface area contributed by atoms with E-state index >= 15 is 0 Å². The summed E-state index contributed by atoms with van der Waals surface area (Å²) in [6.07, 6.45) is -0.688. The average molecular weight is 665 g/mol. The fourth-order valence-corrected chi connectivity index (χ4v) is 5.48. The molecule has 0 spiro atoms. The smallest absolute Gasteiger partial charge is 0.411 e. The van der Waals surface area contributed by atoms with Crippen molar-refractivity contribution in [2.45, 2.75) is 11.5 Å². The maximum Gasteiger partial charge on any atom is 0.411 e. The summed E-state index contributed by atoms with van der Waals surface area (Å²) in [5, 5.41) is 6.31. The SMILES string of the molecule is COCc1nc(NS(=O)(=O)c2ccc3c(c2)OCO3)c(Oc2cc(OC)ccc2Cl)c(OCCOC(=O)Nc2ccsc2)n1. The number of carbonyl (C=O) groups excluding carboxylic acids is 1. The summed E-state index contributed by atoms with van der Waals surface area (Å²) in [7, 11) is -1.39. The predicted octanol–water partition coefficient (Wildman–Crippen LogP) is 5.30. The molecular formula is C27H25ClN4O10S2. The van der Waals surface area contributed by atoms with Crippen molar-refractivity contribution < 1.29 is 46.4 Å². The monoisotopic (exact) mass is 664 g/mol. The van der Waals surface area contributed by atoms with Crippen LogP contribution in [0.2, 0.25) is 5.02 Å². The van der Waals surface area contributed by atoms with E-state index in [0.717, 1.165) is 0 Å². The van der Waals surface area contributed by atoms with Crippen molar-refractivity contribution in [2.75, 3.05) is 44.3 Å². The highest BCUT2D eigenvalue weighted by atomic mass is 35.5. The van der Waals surface area contributed by atoms with E-state index in [4.69, 9.17) is 44.8 Å². The van der Waals surface area contributed by atoms with Crippen molar-refractivity contribution in [1.82, 2.24) is 9.97 Å². The number of nitrogens with one attached hydrogen (secondary N) is 2. The highest BCUT2D eigenvalue weighted by Crippen LogP contribution is 2.41. The molecule has 4 aromatic rings. The third-order valence-electron chi connectivity index (χ3n) is 5.71. The lowest BCUT2D eigenvalue weighted by atomic mass is 10.3. The molecule has 17 heteroatoms. The lowest BCUT2D eigenvalue weighted by molar-refractivity contribution is 0.134. The number of sulfonamides is 1. The predicted molar refractivity (Wildman–Crippen MR) is 159 cm³/mol. The summed E-state index contributed by atoms with van der Waals surface area (Å²) in [6, 6.07) is 10.5. The van der Waals surface area contributed by atoms with Crippen LogP contribution in [0, 0.1) is 0 Å². The van der Waals surface area contributed by atoms with Crippen LogP contribution in [-0.2, 0) is 26.1 Å². The summed E-state index contributed by atoms with van der Waals surface area (Å²) in [4.78, 5) is 20.6. The van der Waals surface area contributed by atoms with Gasteiger partial charge in [0.05, 0.1) is 22.7 Å². The molecule has 232 valence electrons. The molecule has 0 aliphatic carbocycles. The Labute approximate surface area is 260 Å². The molecule has 44 heavy (non-hydrogen) atoms. The first kappa shape index (κ1) is 30.9. The van der Waals surface area contributed by atoms with Crippen molar-refractivity contribution in [3.63, 3.8) is 0 Å². The van der Waals surface area contributed by atoms with E-state index in [9.17, 15) is 13.2 Å². The molecule has 2 aromatic carbocycles. The van der Waals surface area contributed by atoms with Gasteiger partial charge >= 0.3 is 6.09 Å². The van der Waals surface area contributed by atoms with E-state index in [1.807, 2.05) is 0 Å². The zero-order valence-electron chi connectivity index (χ0n) is 23.2. The van der Waals surface area contributed by atoms with Gasteiger partial charge in [-0.2, -0.15) is 16.3 Å². The summed E-state index contributed by atoms with van der Waals surface area (Å²) < 4.78 is 67.6. The van der Waals surface area contributed by atoms with Gasteiger partial charge < -0.3 is 33.2 Å². The fraction of sp³-hybridized carbons (Fsp3) is 0.222. The van der Waals surface area contributed by atoms with Crippen LogP contribution < -0.4 is 33.7 Å². The highest BCUT2D eigenvalue weighted by Gasteiger charge is 2.26. The zero-order valence-corrected chi connectivity index (χ0v) is 25.6. The molecule has 0 bridgehead atoms. The van der Waals surface area contributed by atoms with E-state index in [1.54, 1.807) is 22.9 Å². The van der Waals surface area contributed by atoms with E-state index in [2.05, 4.69) is 20.0 Å². The molecular weight excluding hydrogens is 640 g/mol. The van der Waals surface area contributed by atoms with Crippen molar-refractivity contribution >= 4 is 50.6 Å². The number of rotatable bonds is 13. The molecule has 3 heterocycles. The van der Waals surface area contributed by atoms with Crippen LogP contribution in [0.5, 0.6) is 34.6 Å². The molecule has 1 amide bonds. The van der Waals surface area contributed by atoms with Gasteiger partial charge in [0.15, 0.2) is 23.1 Å². The maximum absolute atomic E-state index is 13.5. The van der Waals surface area contributed by atoms with Crippen molar-refractivity contribution in [1.29, 1.82) is 0 Å². The van der Waals surface area contributed by atoms with Crippen LogP contribution >= 0.6 is 22.9 Å². The largest absolute Gasteiger partial charge is 0.497 e. The van der Waals surface area contributed by atoms with Gasteiger partial charge in [0.1, 0.15) is 31.3 Å². The van der Waals surface area contributed by atoms with Gasteiger partial charge in [-0.25, -0.2) is 18.2 Å². The van der Waals surface area contributed by atoms with E-state index < -0.39 is 16.1 Å². The second-order valence-electron chi connectivity index (χ2n) is 8.70. The molecule has 0 saturated heterocycles. The average Bonchev–Trinajstić information content (AvgIpc) is 3.69. The van der Waals surface area contributed by atoms with Gasteiger partial charge in [-0.1, -0.05) is 11.6 Å². The zero-order chi connectivity index (χ0) is 31.1. The number of methoxy groups -OCH3 is 2. The Balaban J connectivity index is 1.46. The third kappa shape index (κ3) is 7.52. The molecule has 0 atom stereocenters. The van der Waals surface area contributed by atoms with Crippen LogP contribution in [0.25, 0.3) is 0 Å². The number of thiophene rings is 1. The summed E-state index contributed by atoms with van der Waals surface area (Å²) in [5.74, 6) is 0.545. The van der Waals surface area contributed by atoms with Crippen molar-refractivity contribution in [2.24, 2.45) is 0 Å². The van der Waals surface area contributed by atoms with Gasteiger partial charge in [-0.3, -0.25) is 10.0 Å². The Morgan fingerprint density at radius 1 is 1.07 bits per heavy atom. The van der Waals surface area contributed by atoms with Gasteiger partial charge in [-0.15, -0.1) is 0 Å². The van der Waals surface area contributed by atoms with E-state index in [1.165, 1.54) is 55.9 Å². The molecule has 2 aromatic heterocycles. The van der Waals surface area contributed by atoms with Gasteiger partial charge in [0.2, 0.25) is 12.5 Å². The number of ether oxygens (including phenoxy) is 7. The van der Waals surface area contributed by atoms with E-state index in [0.29, 0.717) is 17.2 Å². The topological polar surface area (TPSA) is 166 Å².